The summed E-state index contributed by atoms with van der Waals surface area (Å²) in [5.74, 6) is -0.341. The minimum absolute atomic E-state index is 0.170. The van der Waals surface area contributed by atoms with Crippen molar-refractivity contribution in [2.75, 3.05) is 0 Å². The number of benzene rings is 2. The SMILES string of the molecule is CC(=NNC(=O)CCCCC(=O)NN=C(C)c1ccc(Br)cc1)c1ccc(Br)cc1. The van der Waals surface area contributed by atoms with Crippen LogP contribution < -0.4 is 10.9 Å². The molecule has 2 aromatic carbocycles. The molecule has 0 unspecified atom stereocenters. The summed E-state index contributed by atoms with van der Waals surface area (Å²) in [5, 5.41) is 8.25. The molecule has 0 aliphatic rings. The Balaban J connectivity index is 1.66. The van der Waals surface area contributed by atoms with Gasteiger partial charge in [-0.2, -0.15) is 10.2 Å². The molecule has 8 heteroatoms. The van der Waals surface area contributed by atoms with Crippen LogP contribution in [0.15, 0.2) is 67.7 Å². The summed E-state index contributed by atoms with van der Waals surface area (Å²) in [6.07, 6.45) is 1.82. The van der Waals surface area contributed by atoms with E-state index in [2.05, 4.69) is 52.9 Å². The van der Waals surface area contributed by atoms with Gasteiger partial charge in [0.15, 0.2) is 0 Å². The zero-order chi connectivity index (χ0) is 21.9. The zero-order valence-electron chi connectivity index (χ0n) is 16.9. The summed E-state index contributed by atoms with van der Waals surface area (Å²) in [7, 11) is 0. The standard InChI is InChI=1S/C22H24Br2N4O2/c1-15(17-7-11-19(23)12-8-17)25-27-21(29)5-3-4-6-22(30)28-26-16(2)18-9-13-20(24)14-10-18/h7-14H,3-6H2,1-2H3,(H,27,29)(H,28,30). The minimum Gasteiger partial charge on any atom is -0.273 e. The van der Waals surface area contributed by atoms with Gasteiger partial charge in [0.1, 0.15) is 0 Å². The van der Waals surface area contributed by atoms with Crippen LogP contribution >= 0.6 is 31.9 Å². The van der Waals surface area contributed by atoms with Crippen LogP contribution in [0.5, 0.6) is 0 Å². The van der Waals surface area contributed by atoms with Crippen molar-refractivity contribution in [2.24, 2.45) is 10.2 Å². The molecule has 0 bridgehead atoms. The Bertz CT molecular complexity index is 846. The quantitative estimate of drug-likeness (QED) is 0.264. The fourth-order valence-corrected chi connectivity index (χ4v) is 3.02. The van der Waals surface area contributed by atoms with Gasteiger partial charge in [0.25, 0.3) is 0 Å². The Morgan fingerprint density at radius 2 is 1.03 bits per heavy atom. The van der Waals surface area contributed by atoms with Gasteiger partial charge in [0, 0.05) is 21.8 Å². The van der Waals surface area contributed by atoms with Crippen LogP contribution in [-0.4, -0.2) is 23.2 Å². The normalized spacial score (nSPS) is 11.9. The van der Waals surface area contributed by atoms with Gasteiger partial charge in [-0.15, -0.1) is 0 Å². The summed E-state index contributed by atoms with van der Waals surface area (Å²) in [6.45, 7) is 3.68. The second kappa shape index (κ2) is 12.4. The maximum Gasteiger partial charge on any atom is 0.240 e. The molecule has 0 aliphatic carbocycles. The lowest BCUT2D eigenvalue weighted by atomic mass is 10.1. The number of hydrogen-bond donors (Lipinski definition) is 2. The Labute approximate surface area is 193 Å². The van der Waals surface area contributed by atoms with E-state index in [0.29, 0.717) is 25.7 Å². The number of nitrogens with zero attached hydrogens (tertiary/aromatic N) is 2. The van der Waals surface area contributed by atoms with Crippen LogP contribution in [-0.2, 0) is 9.59 Å². The van der Waals surface area contributed by atoms with Crippen molar-refractivity contribution >= 4 is 55.1 Å². The molecule has 0 aromatic heterocycles. The van der Waals surface area contributed by atoms with Crippen LogP contribution in [0.1, 0.15) is 50.7 Å². The highest BCUT2D eigenvalue weighted by Gasteiger charge is 2.05. The fraction of sp³-hybridized carbons (Fsp3) is 0.273. The molecule has 30 heavy (non-hydrogen) atoms. The first-order valence-electron chi connectivity index (χ1n) is 9.53. The second-order valence-corrected chi connectivity index (χ2v) is 8.52. The molecule has 0 fully saturated rings. The number of rotatable bonds is 9. The largest absolute Gasteiger partial charge is 0.273 e. The number of unbranched alkanes of at least 4 members (excludes halogenated alkanes) is 1. The average Bonchev–Trinajstić information content (AvgIpc) is 2.74. The lowest BCUT2D eigenvalue weighted by Gasteiger charge is -2.04. The van der Waals surface area contributed by atoms with Gasteiger partial charge in [-0.25, -0.2) is 10.9 Å². The minimum atomic E-state index is -0.170. The van der Waals surface area contributed by atoms with Crippen LogP contribution in [0.4, 0.5) is 0 Å². The summed E-state index contributed by atoms with van der Waals surface area (Å²) in [6, 6.07) is 15.4. The lowest BCUT2D eigenvalue weighted by Crippen LogP contribution is -2.20. The highest BCUT2D eigenvalue weighted by molar-refractivity contribution is 9.10. The average molecular weight is 536 g/mol. The van der Waals surface area contributed by atoms with Crippen LogP contribution in [0, 0.1) is 0 Å². The third-order valence-corrected chi connectivity index (χ3v) is 5.34. The Kier molecular flexibility index (Phi) is 9.89. The van der Waals surface area contributed by atoms with E-state index in [4.69, 9.17) is 0 Å². The topological polar surface area (TPSA) is 82.9 Å². The van der Waals surface area contributed by atoms with E-state index < -0.39 is 0 Å². The monoisotopic (exact) mass is 534 g/mol. The summed E-state index contributed by atoms with van der Waals surface area (Å²) in [5.41, 5.74) is 8.45. The second-order valence-electron chi connectivity index (χ2n) is 6.69. The summed E-state index contributed by atoms with van der Waals surface area (Å²) >= 11 is 6.77. The van der Waals surface area contributed by atoms with Gasteiger partial charge < -0.3 is 0 Å². The molecular formula is C22H24Br2N4O2. The molecular weight excluding hydrogens is 512 g/mol. The number of halogens is 2. The van der Waals surface area contributed by atoms with Gasteiger partial charge >= 0.3 is 0 Å². The van der Waals surface area contributed by atoms with E-state index in [9.17, 15) is 9.59 Å². The number of nitrogens with one attached hydrogen (secondary N) is 2. The number of carbonyl (C=O) groups excluding carboxylic acids is 2. The molecule has 2 amide bonds. The van der Waals surface area contributed by atoms with Gasteiger partial charge in [-0.05, 0) is 62.1 Å². The first-order valence-corrected chi connectivity index (χ1v) is 11.1. The maximum absolute atomic E-state index is 11.9. The summed E-state index contributed by atoms with van der Waals surface area (Å²) in [4.78, 5) is 23.8. The van der Waals surface area contributed by atoms with Crippen molar-refractivity contribution in [3.05, 3.63) is 68.6 Å². The van der Waals surface area contributed by atoms with E-state index in [1.807, 2.05) is 62.4 Å². The zero-order valence-corrected chi connectivity index (χ0v) is 20.1. The molecule has 2 aromatic rings. The number of amides is 2. The van der Waals surface area contributed by atoms with Crippen molar-refractivity contribution in [1.29, 1.82) is 0 Å². The molecule has 2 N–H and O–H groups in total. The Morgan fingerprint density at radius 1 is 0.700 bits per heavy atom. The van der Waals surface area contributed by atoms with Crippen molar-refractivity contribution < 1.29 is 9.59 Å². The van der Waals surface area contributed by atoms with Crippen molar-refractivity contribution in [1.82, 2.24) is 10.9 Å². The Morgan fingerprint density at radius 3 is 1.37 bits per heavy atom. The maximum atomic E-state index is 11.9. The molecule has 0 heterocycles. The number of hydrogen-bond acceptors (Lipinski definition) is 4. The van der Waals surface area contributed by atoms with Crippen molar-refractivity contribution in [3.63, 3.8) is 0 Å². The first-order chi connectivity index (χ1) is 14.3. The molecule has 158 valence electrons. The van der Waals surface area contributed by atoms with E-state index in [0.717, 1.165) is 31.5 Å². The third kappa shape index (κ3) is 8.59. The molecule has 6 nitrogen and oxygen atoms in total. The lowest BCUT2D eigenvalue weighted by molar-refractivity contribution is -0.123. The molecule has 0 saturated carbocycles. The highest BCUT2D eigenvalue weighted by atomic mass is 79.9. The smallest absolute Gasteiger partial charge is 0.240 e. The molecule has 0 saturated heterocycles. The highest BCUT2D eigenvalue weighted by Crippen LogP contribution is 2.12. The van der Waals surface area contributed by atoms with Crippen LogP contribution in [0.25, 0.3) is 0 Å². The van der Waals surface area contributed by atoms with Crippen molar-refractivity contribution in [2.45, 2.75) is 39.5 Å². The molecule has 0 atom stereocenters. The van der Waals surface area contributed by atoms with Gasteiger partial charge in [-0.1, -0.05) is 56.1 Å². The van der Waals surface area contributed by atoms with E-state index in [1.165, 1.54) is 0 Å². The summed E-state index contributed by atoms with van der Waals surface area (Å²) < 4.78 is 1.97. The first kappa shape index (κ1) is 24.0. The fourth-order valence-electron chi connectivity index (χ4n) is 2.49. The predicted molar refractivity (Wildman–Crippen MR) is 127 cm³/mol. The molecule has 0 aliphatic heterocycles. The van der Waals surface area contributed by atoms with Crippen LogP contribution in [0.3, 0.4) is 0 Å². The van der Waals surface area contributed by atoms with Gasteiger partial charge in [0.2, 0.25) is 11.8 Å². The van der Waals surface area contributed by atoms with E-state index >= 15 is 0 Å². The molecule has 0 radical (unpaired) electrons. The number of hydrazone groups is 2. The van der Waals surface area contributed by atoms with E-state index in [1.54, 1.807) is 0 Å². The molecule has 0 spiro atoms. The Hall–Kier alpha value is -2.32. The predicted octanol–water partition coefficient (Wildman–Crippen LogP) is 5.15. The van der Waals surface area contributed by atoms with Crippen LogP contribution in [0.2, 0.25) is 0 Å². The van der Waals surface area contributed by atoms with Gasteiger partial charge in [0.05, 0.1) is 11.4 Å². The van der Waals surface area contributed by atoms with E-state index in [-0.39, 0.29) is 11.8 Å². The molecule has 2 rings (SSSR count). The van der Waals surface area contributed by atoms with Gasteiger partial charge in [-0.3, -0.25) is 9.59 Å². The third-order valence-electron chi connectivity index (χ3n) is 4.28. The number of carbonyl (C=O) groups is 2. The van der Waals surface area contributed by atoms with Crippen molar-refractivity contribution in [3.8, 4) is 0 Å².